The second-order valence-corrected chi connectivity index (χ2v) is 4.65. The van der Waals surface area contributed by atoms with Crippen LogP contribution in [-0.2, 0) is 0 Å². The minimum atomic E-state index is 0.474. The van der Waals surface area contributed by atoms with Crippen molar-refractivity contribution >= 4 is 38.9 Å². The molecule has 0 atom stereocenters. The van der Waals surface area contributed by atoms with E-state index in [1.807, 2.05) is 0 Å². The number of pyridine rings is 1. The van der Waals surface area contributed by atoms with Crippen LogP contribution in [0.2, 0.25) is 5.02 Å². The summed E-state index contributed by atoms with van der Waals surface area (Å²) in [5.74, 6) is 1.14. The predicted molar refractivity (Wildman–Crippen MR) is 67.8 cm³/mol. The van der Waals surface area contributed by atoms with Gasteiger partial charge in [0, 0.05) is 6.20 Å². The molecule has 0 saturated heterocycles. The van der Waals surface area contributed by atoms with Crippen LogP contribution in [0.1, 0.15) is 0 Å². The molecule has 3 rings (SSSR count). The van der Waals surface area contributed by atoms with Gasteiger partial charge in [0.1, 0.15) is 0 Å². The van der Waals surface area contributed by atoms with Crippen molar-refractivity contribution in [1.29, 1.82) is 0 Å². The van der Waals surface area contributed by atoms with Crippen molar-refractivity contribution < 1.29 is 4.42 Å². The van der Waals surface area contributed by atoms with E-state index in [9.17, 15) is 0 Å². The van der Waals surface area contributed by atoms with E-state index in [1.165, 1.54) is 0 Å². The van der Waals surface area contributed by atoms with Gasteiger partial charge in [-0.25, -0.2) is 0 Å². The Balaban J connectivity index is 2.31. The summed E-state index contributed by atoms with van der Waals surface area (Å²) in [5, 5.41) is 8.55. The highest BCUT2D eigenvalue weighted by molar-refractivity contribution is 9.10. The minimum Gasteiger partial charge on any atom is -0.446 e. The van der Waals surface area contributed by atoms with Gasteiger partial charge >= 0.3 is 0 Å². The Morgan fingerprint density at radius 3 is 2.88 bits per heavy atom. The van der Waals surface area contributed by atoms with Crippen molar-refractivity contribution in [2.75, 3.05) is 5.73 Å². The Morgan fingerprint density at radius 2 is 2.18 bits per heavy atom. The zero-order valence-corrected chi connectivity index (χ0v) is 10.7. The van der Waals surface area contributed by atoms with Crippen molar-refractivity contribution in [2.45, 2.75) is 0 Å². The molecule has 0 aliphatic carbocycles. The molecule has 0 aliphatic heterocycles. The van der Waals surface area contributed by atoms with Crippen LogP contribution in [-0.4, -0.2) is 14.6 Å². The highest BCUT2D eigenvalue weighted by Gasteiger charge is 2.13. The molecule has 3 aromatic rings. The second kappa shape index (κ2) is 3.75. The van der Waals surface area contributed by atoms with Gasteiger partial charge in [0.15, 0.2) is 16.1 Å². The summed E-state index contributed by atoms with van der Waals surface area (Å²) in [6.45, 7) is 0. The van der Waals surface area contributed by atoms with Crippen molar-refractivity contribution in [2.24, 2.45) is 0 Å². The quantitative estimate of drug-likeness (QED) is 0.750. The largest absolute Gasteiger partial charge is 0.446 e. The van der Waals surface area contributed by atoms with Crippen LogP contribution >= 0.6 is 27.5 Å². The van der Waals surface area contributed by atoms with Crippen molar-refractivity contribution in [3.63, 3.8) is 0 Å². The fourth-order valence-corrected chi connectivity index (χ4v) is 2.11. The van der Waals surface area contributed by atoms with Crippen LogP contribution in [0.4, 0.5) is 5.69 Å². The molecule has 2 N–H and O–H groups in total. The first kappa shape index (κ1) is 10.6. The molecule has 3 heterocycles. The van der Waals surface area contributed by atoms with E-state index in [0.717, 1.165) is 0 Å². The molecule has 0 aromatic carbocycles. The maximum absolute atomic E-state index is 5.95. The van der Waals surface area contributed by atoms with Crippen LogP contribution in [0, 0.1) is 0 Å². The van der Waals surface area contributed by atoms with E-state index in [-0.39, 0.29) is 0 Å². The average molecular weight is 314 g/mol. The van der Waals surface area contributed by atoms with Gasteiger partial charge in [-0.05, 0) is 34.1 Å². The Bertz CT molecular complexity index is 705. The minimum absolute atomic E-state index is 0.474. The Labute approximate surface area is 109 Å². The smallest absolute Gasteiger partial charge is 0.204 e. The molecule has 0 unspecified atom stereocenters. The molecule has 7 heteroatoms. The summed E-state index contributed by atoms with van der Waals surface area (Å²) < 4.78 is 7.75. The SMILES string of the molecule is Nc1cc(Cl)cn2c(-c3ccc(Br)o3)nnc12. The topological polar surface area (TPSA) is 69.3 Å². The molecule has 0 fully saturated rings. The van der Waals surface area contributed by atoms with Gasteiger partial charge in [0.05, 0.1) is 10.7 Å². The summed E-state index contributed by atoms with van der Waals surface area (Å²) in [7, 11) is 0. The van der Waals surface area contributed by atoms with Crippen LogP contribution in [0.5, 0.6) is 0 Å². The fraction of sp³-hybridized carbons (Fsp3) is 0. The lowest BCUT2D eigenvalue weighted by atomic mass is 10.4. The van der Waals surface area contributed by atoms with E-state index in [0.29, 0.717) is 32.6 Å². The Morgan fingerprint density at radius 1 is 1.35 bits per heavy atom. The lowest BCUT2D eigenvalue weighted by molar-refractivity contribution is 0.550. The fourth-order valence-electron chi connectivity index (χ4n) is 1.59. The summed E-state index contributed by atoms with van der Waals surface area (Å²) >= 11 is 9.19. The molecule has 0 radical (unpaired) electrons. The molecule has 0 saturated carbocycles. The van der Waals surface area contributed by atoms with Gasteiger partial charge in [0.2, 0.25) is 5.82 Å². The number of hydrogen-bond acceptors (Lipinski definition) is 4. The normalized spacial score (nSPS) is 11.2. The lowest BCUT2D eigenvalue weighted by Crippen LogP contribution is -1.93. The molecule has 0 bridgehead atoms. The average Bonchev–Trinajstić information content (AvgIpc) is 2.83. The van der Waals surface area contributed by atoms with Crippen LogP contribution in [0.25, 0.3) is 17.2 Å². The van der Waals surface area contributed by atoms with E-state index >= 15 is 0 Å². The predicted octanol–water partition coefficient (Wildman–Crippen LogP) is 2.99. The molecule has 86 valence electrons. The molecule has 3 aromatic heterocycles. The number of nitrogens with two attached hydrogens (primary N) is 1. The lowest BCUT2D eigenvalue weighted by Gasteiger charge is -2.00. The number of furan rings is 1. The van der Waals surface area contributed by atoms with Gasteiger partial charge < -0.3 is 10.2 Å². The third-order valence-electron chi connectivity index (χ3n) is 2.29. The zero-order valence-electron chi connectivity index (χ0n) is 8.39. The van der Waals surface area contributed by atoms with E-state index in [4.69, 9.17) is 21.8 Å². The highest BCUT2D eigenvalue weighted by atomic mass is 79.9. The Hall–Kier alpha value is -1.53. The molecule has 17 heavy (non-hydrogen) atoms. The summed E-state index contributed by atoms with van der Waals surface area (Å²) in [6, 6.07) is 5.20. The molecule has 0 aliphatic rings. The maximum atomic E-state index is 5.95. The van der Waals surface area contributed by atoms with Crippen molar-refractivity contribution in [3.05, 3.63) is 34.1 Å². The first-order valence-electron chi connectivity index (χ1n) is 4.70. The van der Waals surface area contributed by atoms with Crippen LogP contribution in [0.15, 0.2) is 33.5 Å². The number of hydrogen-bond donors (Lipinski definition) is 1. The van der Waals surface area contributed by atoms with Gasteiger partial charge in [-0.1, -0.05) is 11.6 Å². The molecule has 0 spiro atoms. The van der Waals surface area contributed by atoms with Crippen molar-refractivity contribution in [1.82, 2.24) is 14.6 Å². The number of nitrogen functional groups attached to an aromatic ring is 1. The zero-order chi connectivity index (χ0) is 12.0. The number of rotatable bonds is 1. The Kier molecular flexibility index (Phi) is 2.34. The van der Waals surface area contributed by atoms with Gasteiger partial charge in [-0.15, -0.1) is 10.2 Å². The van der Waals surface area contributed by atoms with Crippen LogP contribution in [0.3, 0.4) is 0 Å². The number of fused-ring (bicyclic) bond motifs is 1. The third-order valence-corrected chi connectivity index (χ3v) is 2.93. The van der Waals surface area contributed by atoms with E-state index in [1.54, 1.807) is 28.8 Å². The van der Waals surface area contributed by atoms with Gasteiger partial charge in [-0.2, -0.15) is 0 Å². The highest BCUT2D eigenvalue weighted by Crippen LogP contribution is 2.26. The van der Waals surface area contributed by atoms with Gasteiger partial charge in [-0.3, -0.25) is 4.40 Å². The number of anilines is 1. The monoisotopic (exact) mass is 312 g/mol. The summed E-state index contributed by atoms with van der Waals surface area (Å²) in [5.41, 5.74) is 6.83. The number of aromatic nitrogens is 3. The summed E-state index contributed by atoms with van der Waals surface area (Å²) in [6.07, 6.45) is 1.69. The van der Waals surface area contributed by atoms with Crippen LogP contribution < -0.4 is 5.73 Å². The molecule has 5 nitrogen and oxygen atoms in total. The van der Waals surface area contributed by atoms with Gasteiger partial charge in [0.25, 0.3) is 0 Å². The maximum Gasteiger partial charge on any atom is 0.204 e. The van der Waals surface area contributed by atoms with E-state index < -0.39 is 0 Å². The first-order chi connectivity index (χ1) is 8.15. The first-order valence-corrected chi connectivity index (χ1v) is 5.88. The standard InChI is InChI=1S/C10H6BrClN4O/c11-8-2-1-7(17-8)10-15-14-9-6(13)3-5(12)4-16(9)10/h1-4H,13H2. The molecular weight excluding hydrogens is 307 g/mol. The van der Waals surface area contributed by atoms with E-state index in [2.05, 4.69) is 26.1 Å². The summed E-state index contributed by atoms with van der Waals surface area (Å²) in [4.78, 5) is 0. The number of halogens is 2. The van der Waals surface area contributed by atoms with Crippen molar-refractivity contribution in [3.8, 4) is 11.6 Å². The molecular formula is C10H6BrClN4O. The number of nitrogens with zero attached hydrogens (tertiary/aromatic N) is 3. The molecule has 0 amide bonds. The third kappa shape index (κ3) is 1.69. The second-order valence-electron chi connectivity index (χ2n) is 3.43.